The Morgan fingerprint density at radius 1 is 1.24 bits per heavy atom. The van der Waals surface area contributed by atoms with E-state index in [9.17, 15) is 0 Å². The Kier molecular flexibility index (Phi) is 5.48. The van der Waals surface area contributed by atoms with Crippen LogP contribution in [0.15, 0.2) is 0 Å². The van der Waals surface area contributed by atoms with E-state index >= 15 is 0 Å². The van der Waals surface area contributed by atoms with Gasteiger partial charge in [-0.25, -0.2) is 4.98 Å². The third kappa shape index (κ3) is 4.07. The average molecular weight is 309 g/mol. The van der Waals surface area contributed by atoms with Crippen molar-refractivity contribution in [1.29, 1.82) is 0 Å². The zero-order chi connectivity index (χ0) is 15.6. The molecule has 0 aromatic carbocycles. The van der Waals surface area contributed by atoms with Crippen LogP contribution in [-0.2, 0) is 0 Å². The Balaban J connectivity index is 1.87. The molecule has 2 nitrogen and oxygen atoms in total. The summed E-state index contributed by atoms with van der Waals surface area (Å²) in [7, 11) is 0. The second kappa shape index (κ2) is 6.78. The van der Waals surface area contributed by atoms with E-state index in [4.69, 9.17) is 0 Å². The van der Waals surface area contributed by atoms with Gasteiger partial charge in [-0.15, -0.1) is 11.3 Å². The number of hydrogen-bond donors (Lipinski definition) is 1. The molecule has 1 atom stereocenters. The lowest BCUT2D eigenvalue weighted by molar-refractivity contribution is 0.134. The summed E-state index contributed by atoms with van der Waals surface area (Å²) in [5, 5.41) is 5.03. The molecule has 1 fully saturated rings. The third-order valence-electron chi connectivity index (χ3n) is 5.56. The normalized spacial score (nSPS) is 25.0. The fraction of sp³-hybridized carbons (Fsp3) is 0.833. The van der Waals surface area contributed by atoms with E-state index in [1.807, 2.05) is 11.3 Å². The topological polar surface area (TPSA) is 24.9 Å². The predicted molar refractivity (Wildman–Crippen MR) is 93.0 cm³/mol. The molecule has 0 aliphatic heterocycles. The van der Waals surface area contributed by atoms with Crippen LogP contribution in [-0.4, -0.2) is 11.0 Å². The highest BCUT2D eigenvalue weighted by Crippen LogP contribution is 2.40. The molecule has 1 aliphatic carbocycles. The van der Waals surface area contributed by atoms with Gasteiger partial charge in [0.05, 0.1) is 10.7 Å². The van der Waals surface area contributed by atoms with Crippen molar-refractivity contribution in [3.05, 3.63) is 15.6 Å². The van der Waals surface area contributed by atoms with Crippen LogP contribution in [0.3, 0.4) is 0 Å². The number of nitrogens with zero attached hydrogens (tertiary/aromatic N) is 1. The molecule has 0 radical (unpaired) electrons. The van der Waals surface area contributed by atoms with Gasteiger partial charge in [-0.2, -0.15) is 0 Å². The van der Waals surface area contributed by atoms with Gasteiger partial charge in [0, 0.05) is 17.0 Å². The Labute approximate surface area is 134 Å². The van der Waals surface area contributed by atoms with Crippen molar-refractivity contribution >= 4 is 11.3 Å². The van der Waals surface area contributed by atoms with Crippen LogP contribution in [0.25, 0.3) is 0 Å². The summed E-state index contributed by atoms with van der Waals surface area (Å²) < 4.78 is 0. The van der Waals surface area contributed by atoms with Crippen LogP contribution in [0.4, 0.5) is 0 Å². The van der Waals surface area contributed by atoms with Crippen LogP contribution >= 0.6 is 11.3 Å². The van der Waals surface area contributed by atoms with Crippen molar-refractivity contribution in [2.45, 2.75) is 85.7 Å². The van der Waals surface area contributed by atoms with Gasteiger partial charge < -0.3 is 5.32 Å². The molecule has 120 valence electrons. The first-order chi connectivity index (χ1) is 9.83. The summed E-state index contributed by atoms with van der Waals surface area (Å²) in [5.74, 6) is 0.906. The molecular weight excluding hydrogens is 276 g/mol. The van der Waals surface area contributed by atoms with Gasteiger partial charge in [0.1, 0.15) is 0 Å². The molecule has 1 N–H and O–H groups in total. The van der Waals surface area contributed by atoms with E-state index in [2.05, 4.69) is 51.8 Å². The number of thiazole rings is 1. The molecule has 0 spiro atoms. The maximum atomic E-state index is 4.56. The SMILES string of the molecule is CCC(C)(C)C1CCC(NC(C)c2sc(C)nc2C)CC1. The highest BCUT2D eigenvalue weighted by atomic mass is 32.1. The molecule has 0 amide bonds. The summed E-state index contributed by atoms with van der Waals surface area (Å²) in [6.45, 7) is 13.8. The van der Waals surface area contributed by atoms with Crippen molar-refractivity contribution in [2.75, 3.05) is 0 Å². The first-order valence-electron chi connectivity index (χ1n) is 8.53. The zero-order valence-electron chi connectivity index (χ0n) is 14.6. The zero-order valence-corrected chi connectivity index (χ0v) is 15.4. The third-order valence-corrected chi connectivity index (χ3v) is 6.82. The smallest absolute Gasteiger partial charge is 0.0900 e. The second-order valence-electron chi connectivity index (χ2n) is 7.46. The fourth-order valence-electron chi connectivity index (χ4n) is 3.71. The van der Waals surface area contributed by atoms with Gasteiger partial charge >= 0.3 is 0 Å². The van der Waals surface area contributed by atoms with Gasteiger partial charge in [-0.05, 0) is 57.8 Å². The Morgan fingerprint density at radius 2 is 1.86 bits per heavy atom. The quantitative estimate of drug-likeness (QED) is 0.787. The molecule has 0 saturated heterocycles. The molecular formula is C18H32N2S. The van der Waals surface area contributed by atoms with E-state index in [-0.39, 0.29) is 0 Å². The summed E-state index contributed by atoms with van der Waals surface area (Å²) in [4.78, 5) is 5.98. The molecule has 1 saturated carbocycles. The lowest BCUT2D eigenvalue weighted by atomic mass is 9.69. The predicted octanol–water partition coefficient (Wildman–Crippen LogP) is 5.41. The second-order valence-corrected chi connectivity index (χ2v) is 8.70. The average Bonchev–Trinajstić information content (AvgIpc) is 2.78. The van der Waals surface area contributed by atoms with Gasteiger partial charge in [-0.1, -0.05) is 27.2 Å². The van der Waals surface area contributed by atoms with Crippen molar-refractivity contribution < 1.29 is 0 Å². The van der Waals surface area contributed by atoms with Crippen molar-refractivity contribution in [3.63, 3.8) is 0 Å². The first kappa shape index (κ1) is 17.0. The number of rotatable bonds is 5. The molecule has 1 aliphatic rings. The van der Waals surface area contributed by atoms with Crippen molar-refractivity contribution in [2.24, 2.45) is 11.3 Å². The summed E-state index contributed by atoms with van der Waals surface area (Å²) in [6, 6.07) is 1.13. The van der Waals surface area contributed by atoms with Gasteiger partial charge in [0.15, 0.2) is 0 Å². The van der Waals surface area contributed by atoms with E-state index < -0.39 is 0 Å². The maximum Gasteiger partial charge on any atom is 0.0900 e. The number of aryl methyl sites for hydroxylation is 2. The molecule has 3 heteroatoms. The fourth-order valence-corrected chi connectivity index (χ4v) is 4.65. The standard InChI is InChI=1S/C18H32N2S/c1-7-18(5,6)15-8-10-16(11-9-15)20-13(3)17-12(2)19-14(4)21-17/h13,15-16,20H,7-11H2,1-6H3. The molecule has 1 unspecified atom stereocenters. The van der Waals surface area contributed by atoms with Gasteiger partial charge in [0.2, 0.25) is 0 Å². The van der Waals surface area contributed by atoms with E-state index in [0.29, 0.717) is 17.5 Å². The molecule has 2 rings (SSSR count). The number of hydrogen-bond acceptors (Lipinski definition) is 3. The van der Waals surface area contributed by atoms with Crippen molar-refractivity contribution in [3.8, 4) is 0 Å². The van der Waals surface area contributed by atoms with Crippen molar-refractivity contribution in [1.82, 2.24) is 10.3 Å². The van der Waals surface area contributed by atoms with Crippen LogP contribution in [0, 0.1) is 25.2 Å². The van der Waals surface area contributed by atoms with Crippen LogP contribution in [0.2, 0.25) is 0 Å². The van der Waals surface area contributed by atoms with Gasteiger partial charge in [-0.3, -0.25) is 0 Å². The first-order valence-corrected chi connectivity index (χ1v) is 9.35. The molecule has 21 heavy (non-hydrogen) atoms. The lowest BCUT2D eigenvalue weighted by Gasteiger charge is -2.39. The minimum Gasteiger partial charge on any atom is -0.307 e. The Hall–Kier alpha value is -0.410. The minimum absolute atomic E-state index is 0.442. The molecule has 0 bridgehead atoms. The van der Waals surface area contributed by atoms with Crippen LogP contribution in [0.1, 0.15) is 81.4 Å². The molecule has 1 heterocycles. The van der Waals surface area contributed by atoms with E-state index in [1.165, 1.54) is 47.7 Å². The highest BCUT2D eigenvalue weighted by molar-refractivity contribution is 7.11. The van der Waals surface area contributed by atoms with E-state index in [0.717, 1.165) is 5.92 Å². The lowest BCUT2D eigenvalue weighted by Crippen LogP contribution is -2.38. The summed E-state index contributed by atoms with van der Waals surface area (Å²) in [5.41, 5.74) is 1.72. The largest absolute Gasteiger partial charge is 0.307 e. The summed E-state index contributed by atoms with van der Waals surface area (Å²) in [6.07, 6.45) is 6.72. The minimum atomic E-state index is 0.442. The van der Waals surface area contributed by atoms with Crippen LogP contribution < -0.4 is 5.32 Å². The Morgan fingerprint density at radius 3 is 2.33 bits per heavy atom. The summed E-state index contributed by atoms with van der Waals surface area (Å²) >= 11 is 1.85. The number of aromatic nitrogens is 1. The Bertz CT molecular complexity index is 456. The van der Waals surface area contributed by atoms with E-state index in [1.54, 1.807) is 0 Å². The maximum absolute atomic E-state index is 4.56. The monoisotopic (exact) mass is 308 g/mol. The number of nitrogens with one attached hydrogen (secondary N) is 1. The van der Waals surface area contributed by atoms with Gasteiger partial charge in [0.25, 0.3) is 0 Å². The molecule has 1 aromatic rings. The van der Waals surface area contributed by atoms with Crippen LogP contribution in [0.5, 0.6) is 0 Å². The highest BCUT2D eigenvalue weighted by Gasteiger charge is 2.32. The molecule has 1 aromatic heterocycles.